The minimum atomic E-state index is -0.581. The Morgan fingerprint density at radius 3 is 2.61 bits per heavy atom. The summed E-state index contributed by atoms with van der Waals surface area (Å²) >= 11 is 2.29. The minimum absolute atomic E-state index is 0.0425. The molecule has 1 aromatic carbocycles. The van der Waals surface area contributed by atoms with Crippen LogP contribution in [0.25, 0.3) is 0 Å². The number of nitrogens with one attached hydrogen (secondary N) is 3. The van der Waals surface area contributed by atoms with Gasteiger partial charge in [-0.05, 0) is 42.0 Å². The molecule has 5 N–H and O–H groups in total. The molecule has 2 amide bonds. The van der Waals surface area contributed by atoms with Crippen LogP contribution in [0.5, 0.6) is 0 Å². The van der Waals surface area contributed by atoms with E-state index < -0.39 is 11.5 Å². The highest BCUT2D eigenvalue weighted by molar-refractivity contribution is 7.99. The molecule has 3 rings (SSSR count). The van der Waals surface area contributed by atoms with E-state index in [1.807, 2.05) is 24.3 Å². The summed E-state index contributed by atoms with van der Waals surface area (Å²) < 4.78 is 0. The van der Waals surface area contributed by atoms with Gasteiger partial charge in [0.25, 0.3) is 11.5 Å². The Morgan fingerprint density at radius 2 is 1.97 bits per heavy atom. The Hall–Kier alpha value is -3.11. The summed E-state index contributed by atoms with van der Waals surface area (Å²) in [7, 11) is 0. The Kier molecular flexibility index (Phi) is 7.85. The lowest BCUT2D eigenvalue weighted by atomic mass is 10.1. The molecule has 8 nitrogen and oxygen atoms in total. The number of nitrogens with two attached hydrogens (primary N) is 1. The van der Waals surface area contributed by atoms with Crippen LogP contribution in [-0.2, 0) is 11.2 Å². The third-order valence-electron chi connectivity index (χ3n) is 4.31. The lowest BCUT2D eigenvalue weighted by Crippen LogP contribution is -2.23. The number of carbonyl (C=O) groups is 2. The zero-order chi connectivity index (χ0) is 22.2. The van der Waals surface area contributed by atoms with Gasteiger partial charge in [-0.2, -0.15) is 0 Å². The molecular formula is C21H23N5O3S2. The van der Waals surface area contributed by atoms with Gasteiger partial charge in [0.15, 0.2) is 16.7 Å². The molecule has 0 aliphatic heterocycles. The number of aromatic amines is 1. The maximum absolute atomic E-state index is 12.3. The number of aryl methyl sites for hydroxylation is 1. The van der Waals surface area contributed by atoms with Gasteiger partial charge in [-0.3, -0.25) is 19.4 Å². The van der Waals surface area contributed by atoms with E-state index in [9.17, 15) is 14.4 Å². The van der Waals surface area contributed by atoms with Crippen LogP contribution in [-0.4, -0.2) is 27.5 Å². The van der Waals surface area contributed by atoms with Crippen LogP contribution < -0.4 is 21.9 Å². The fraction of sp³-hybridized carbons (Fsp3) is 0.238. The molecule has 0 radical (unpaired) electrons. The number of amides is 2. The van der Waals surface area contributed by atoms with Crippen molar-refractivity contribution >= 4 is 52.1 Å². The van der Waals surface area contributed by atoms with Gasteiger partial charge in [0.05, 0.1) is 10.6 Å². The van der Waals surface area contributed by atoms with Crippen LogP contribution in [0, 0.1) is 0 Å². The molecule has 31 heavy (non-hydrogen) atoms. The van der Waals surface area contributed by atoms with E-state index >= 15 is 0 Å². The zero-order valence-corrected chi connectivity index (χ0v) is 18.6. The smallest absolute Gasteiger partial charge is 0.277 e. The van der Waals surface area contributed by atoms with Crippen molar-refractivity contribution in [3.05, 3.63) is 62.6 Å². The number of thioether (sulfide) groups is 1. The number of hydrogen-bond acceptors (Lipinski definition) is 7. The largest absolute Gasteiger partial charge is 0.382 e. The van der Waals surface area contributed by atoms with Crippen LogP contribution in [0.1, 0.15) is 35.0 Å². The highest BCUT2D eigenvalue weighted by Gasteiger charge is 2.15. The van der Waals surface area contributed by atoms with Crippen LogP contribution in [0.15, 0.2) is 51.7 Å². The normalized spacial score (nSPS) is 10.6. The molecule has 0 saturated carbocycles. The molecule has 0 bridgehead atoms. The van der Waals surface area contributed by atoms with Gasteiger partial charge in [-0.15, -0.1) is 11.3 Å². The van der Waals surface area contributed by atoms with Crippen molar-refractivity contribution in [3.63, 3.8) is 0 Å². The SMILES string of the molecule is CCCCc1ccc(NC(=O)CSc2nc(N)c(NC(=O)c3cccs3)c(=O)[nH]2)cc1. The number of nitrogen functional groups attached to an aromatic ring is 1. The van der Waals surface area contributed by atoms with Crippen molar-refractivity contribution in [2.24, 2.45) is 0 Å². The maximum Gasteiger partial charge on any atom is 0.277 e. The Labute approximate surface area is 187 Å². The lowest BCUT2D eigenvalue weighted by Gasteiger charge is -2.08. The third-order valence-corrected chi connectivity index (χ3v) is 6.05. The van der Waals surface area contributed by atoms with Gasteiger partial charge >= 0.3 is 0 Å². The fourth-order valence-electron chi connectivity index (χ4n) is 2.71. The Bertz CT molecular complexity index is 1100. The van der Waals surface area contributed by atoms with Crippen molar-refractivity contribution in [1.29, 1.82) is 0 Å². The van der Waals surface area contributed by atoms with Crippen LogP contribution in [0.4, 0.5) is 17.2 Å². The van der Waals surface area contributed by atoms with E-state index in [2.05, 4.69) is 27.5 Å². The fourth-order valence-corrected chi connectivity index (χ4v) is 3.99. The van der Waals surface area contributed by atoms with Gasteiger partial charge in [-0.1, -0.05) is 43.3 Å². The van der Waals surface area contributed by atoms with Crippen molar-refractivity contribution in [2.45, 2.75) is 31.3 Å². The average molecular weight is 458 g/mol. The van der Waals surface area contributed by atoms with E-state index in [-0.39, 0.29) is 28.3 Å². The number of benzene rings is 1. The summed E-state index contributed by atoms with van der Waals surface area (Å²) in [5, 5.41) is 7.24. The highest BCUT2D eigenvalue weighted by atomic mass is 32.2. The summed E-state index contributed by atoms with van der Waals surface area (Å²) in [6, 6.07) is 11.1. The molecular weight excluding hydrogens is 434 g/mol. The van der Waals surface area contributed by atoms with Gasteiger partial charge in [-0.25, -0.2) is 4.98 Å². The molecule has 2 aromatic heterocycles. The number of aromatic nitrogens is 2. The predicted molar refractivity (Wildman–Crippen MR) is 126 cm³/mol. The molecule has 3 aromatic rings. The van der Waals surface area contributed by atoms with Crippen LogP contribution in [0.3, 0.4) is 0 Å². The summed E-state index contributed by atoms with van der Waals surface area (Å²) in [5.41, 5.74) is 7.09. The number of unbranched alkanes of at least 4 members (excludes halogenated alkanes) is 1. The summed E-state index contributed by atoms with van der Waals surface area (Å²) in [5.74, 6) is -0.739. The quantitative estimate of drug-likeness (QED) is 0.286. The van der Waals surface area contributed by atoms with Crippen molar-refractivity contribution in [3.8, 4) is 0 Å². The number of hydrogen-bond donors (Lipinski definition) is 4. The molecule has 0 spiro atoms. The first-order valence-corrected chi connectivity index (χ1v) is 11.6. The van der Waals surface area contributed by atoms with E-state index in [4.69, 9.17) is 5.73 Å². The minimum Gasteiger partial charge on any atom is -0.382 e. The number of anilines is 3. The molecule has 0 aliphatic rings. The van der Waals surface area contributed by atoms with Gasteiger partial charge in [0.1, 0.15) is 0 Å². The Morgan fingerprint density at radius 1 is 1.19 bits per heavy atom. The zero-order valence-electron chi connectivity index (χ0n) is 16.9. The highest BCUT2D eigenvalue weighted by Crippen LogP contribution is 2.19. The first-order chi connectivity index (χ1) is 15.0. The third kappa shape index (κ3) is 6.43. The first-order valence-electron chi connectivity index (χ1n) is 9.72. The number of nitrogens with zero attached hydrogens (tertiary/aromatic N) is 1. The summed E-state index contributed by atoms with van der Waals surface area (Å²) in [6.07, 6.45) is 3.29. The van der Waals surface area contributed by atoms with Crippen molar-refractivity contribution < 1.29 is 9.59 Å². The average Bonchev–Trinajstić information content (AvgIpc) is 3.29. The first kappa shape index (κ1) is 22.6. The standard InChI is InChI=1S/C21H23N5O3S2/c1-2-3-5-13-7-9-14(10-8-13)23-16(27)12-31-21-25-18(22)17(20(29)26-21)24-19(28)15-6-4-11-30-15/h4,6-11H,2-3,5,12H2,1H3,(H,23,27)(H,24,28)(H3,22,25,26,29). The van der Waals surface area contributed by atoms with Crippen molar-refractivity contribution in [1.82, 2.24) is 9.97 Å². The number of H-pyrrole nitrogens is 1. The monoisotopic (exact) mass is 457 g/mol. The molecule has 0 aliphatic carbocycles. The Balaban J connectivity index is 1.56. The predicted octanol–water partition coefficient (Wildman–Crippen LogP) is 3.74. The molecule has 0 fully saturated rings. The molecule has 0 unspecified atom stereocenters. The number of rotatable bonds is 9. The molecule has 0 atom stereocenters. The van der Waals surface area contributed by atoms with E-state index in [0.29, 0.717) is 10.6 Å². The number of thiophene rings is 1. The molecule has 10 heteroatoms. The molecule has 162 valence electrons. The van der Waals surface area contributed by atoms with Gasteiger partial charge < -0.3 is 16.4 Å². The maximum atomic E-state index is 12.3. The topological polar surface area (TPSA) is 130 Å². The van der Waals surface area contributed by atoms with Crippen LogP contribution >= 0.6 is 23.1 Å². The van der Waals surface area contributed by atoms with E-state index in [1.54, 1.807) is 17.5 Å². The second kappa shape index (κ2) is 10.8. The lowest BCUT2D eigenvalue weighted by molar-refractivity contribution is -0.113. The van der Waals surface area contributed by atoms with E-state index in [0.717, 1.165) is 31.0 Å². The van der Waals surface area contributed by atoms with Crippen molar-refractivity contribution in [2.75, 3.05) is 22.1 Å². The second-order valence-electron chi connectivity index (χ2n) is 6.70. The molecule has 0 saturated heterocycles. The summed E-state index contributed by atoms with van der Waals surface area (Å²) in [4.78, 5) is 43.7. The van der Waals surface area contributed by atoms with Gasteiger partial charge in [0, 0.05) is 5.69 Å². The molecule has 2 heterocycles. The van der Waals surface area contributed by atoms with Gasteiger partial charge in [0.2, 0.25) is 5.91 Å². The summed E-state index contributed by atoms with van der Waals surface area (Å²) in [6.45, 7) is 2.15. The van der Waals surface area contributed by atoms with Crippen LogP contribution in [0.2, 0.25) is 0 Å². The second-order valence-corrected chi connectivity index (χ2v) is 8.61. The number of carbonyl (C=O) groups excluding carboxylic acids is 2. The van der Waals surface area contributed by atoms with E-state index in [1.165, 1.54) is 16.9 Å².